The monoisotopic (exact) mass is 276 g/mol. The second kappa shape index (κ2) is 6.75. The van der Waals surface area contributed by atoms with Crippen LogP contribution in [0.1, 0.15) is 25.3 Å². The maximum atomic E-state index is 12.3. The van der Waals surface area contributed by atoms with E-state index in [-0.39, 0.29) is 11.3 Å². The van der Waals surface area contributed by atoms with Gasteiger partial charge in [-0.1, -0.05) is 18.2 Å². The van der Waals surface area contributed by atoms with Crippen LogP contribution < -0.4 is 15.4 Å². The fourth-order valence-corrected chi connectivity index (χ4v) is 2.68. The highest BCUT2D eigenvalue weighted by atomic mass is 16.5. The minimum absolute atomic E-state index is 0.152. The van der Waals surface area contributed by atoms with E-state index in [0.717, 1.165) is 43.7 Å². The lowest BCUT2D eigenvalue weighted by Gasteiger charge is -2.32. The van der Waals surface area contributed by atoms with Gasteiger partial charge in [0.2, 0.25) is 5.91 Å². The number of hydrogen-bond acceptors (Lipinski definition) is 3. The number of rotatable bonds is 5. The van der Waals surface area contributed by atoms with Crippen LogP contribution in [-0.4, -0.2) is 32.7 Å². The molecule has 1 heterocycles. The van der Waals surface area contributed by atoms with Crippen molar-refractivity contribution >= 4 is 5.91 Å². The summed E-state index contributed by atoms with van der Waals surface area (Å²) >= 11 is 0. The van der Waals surface area contributed by atoms with E-state index >= 15 is 0 Å². The number of hydrogen-bond donors (Lipinski definition) is 2. The molecule has 20 heavy (non-hydrogen) atoms. The molecule has 1 aromatic carbocycles. The molecular formula is C16H24N2O2. The van der Waals surface area contributed by atoms with Crippen molar-refractivity contribution in [2.75, 3.05) is 26.7 Å². The van der Waals surface area contributed by atoms with Crippen LogP contribution in [0.3, 0.4) is 0 Å². The van der Waals surface area contributed by atoms with Crippen LogP contribution in [0.15, 0.2) is 24.3 Å². The average molecular weight is 276 g/mol. The number of para-hydroxylation sites is 1. The number of methoxy groups -OCH3 is 1. The third-order valence-electron chi connectivity index (χ3n) is 4.02. The third-order valence-corrected chi connectivity index (χ3v) is 4.02. The highest BCUT2D eigenvalue weighted by Gasteiger charge is 2.34. The second-order valence-electron chi connectivity index (χ2n) is 5.66. The van der Waals surface area contributed by atoms with Crippen molar-refractivity contribution in [1.29, 1.82) is 0 Å². The molecule has 1 aliphatic heterocycles. The van der Waals surface area contributed by atoms with Crippen LogP contribution in [0.25, 0.3) is 0 Å². The molecule has 4 heteroatoms. The lowest BCUT2D eigenvalue weighted by atomic mass is 9.82. The van der Waals surface area contributed by atoms with Crippen molar-refractivity contribution in [3.63, 3.8) is 0 Å². The molecule has 1 amide bonds. The molecule has 1 fully saturated rings. The molecule has 0 aromatic heterocycles. The molecule has 0 radical (unpaired) electrons. The molecule has 110 valence electrons. The van der Waals surface area contributed by atoms with Crippen molar-refractivity contribution < 1.29 is 9.53 Å². The number of carbonyl (C=O) groups is 1. The first-order valence-corrected chi connectivity index (χ1v) is 7.27. The zero-order valence-electron chi connectivity index (χ0n) is 12.4. The van der Waals surface area contributed by atoms with E-state index in [0.29, 0.717) is 6.54 Å². The minimum atomic E-state index is -0.265. The first kappa shape index (κ1) is 14.9. The van der Waals surface area contributed by atoms with Gasteiger partial charge < -0.3 is 15.4 Å². The normalized spacial score (nSPS) is 22.3. The van der Waals surface area contributed by atoms with Crippen molar-refractivity contribution in [3.8, 4) is 5.75 Å². The summed E-state index contributed by atoms with van der Waals surface area (Å²) in [7, 11) is 1.67. The molecule has 0 saturated carbocycles. The summed E-state index contributed by atoms with van der Waals surface area (Å²) in [6.07, 6.45) is 2.82. The van der Waals surface area contributed by atoms with E-state index in [2.05, 4.69) is 10.6 Å². The zero-order valence-corrected chi connectivity index (χ0v) is 12.4. The number of carbonyl (C=O) groups excluding carboxylic acids is 1. The van der Waals surface area contributed by atoms with Gasteiger partial charge in [0.1, 0.15) is 5.75 Å². The number of amides is 1. The highest BCUT2D eigenvalue weighted by molar-refractivity contribution is 5.82. The first-order chi connectivity index (χ1) is 9.65. The molecule has 0 bridgehead atoms. The quantitative estimate of drug-likeness (QED) is 0.861. The van der Waals surface area contributed by atoms with E-state index in [1.54, 1.807) is 7.11 Å². The summed E-state index contributed by atoms with van der Waals surface area (Å²) < 4.78 is 5.32. The standard InChI is InChI=1S/C16H24N2O2/c1-16(9-5-10-17-12-16)15(19)18-11-8-13-6-3-4-7-14(13)20-2/h3-4,6-7,17H,5,8-12H2,1-2H3,(H,18,19). The molecule has 1 aromatic rings. The maximum absolute atomic E-state index is 12.3. The summed E-state index contributed by atoms with van der Waals surface area (Å²) in [6, 6.07) is 7.93. The molecule has 1 atom stereocenters. The van der Waals surface area contributed by atoms with E-state index in [1.165, 1.54) is 0 Å². The Morgan fingerprint density at radius 1 is 1.45 bits per heavy atom. The summed E-state index contributed by atoms with van der Waals surface area (Å²) in [5.74, 6) is 1.03. The molecule has 2 rings (SSSR count). The summed E-state index contributed by atoms with van der Waals surface area (Å²) in [4.78, 5) is 12.3. The lowest BCUT2D eigenvalue weighted by molar-refractivity contribution is -0.131. The Kier molecular flexibility index (Phi) is 5.01. The molecule has 1 saturated heterocycles. The Labute approximate surface area is 120 Å². The Hall–Kier alpha value is -1.55. The summed E-state index contributed by atoms with van der Waals surface area (Å²) in [5.41, 5.74) is 0.862. The predicted molar refractivity (Wildman–Crippen MR) is 79.9 cm³/mol. The van der Waals surface area contributed by atoms with Crippen LogP contribution in [0.2, 0.25) is 0 Å². The third kappa shape index (κ3) is 3.51. The zero-order chi connectivity index (χ0) is 14.4. The topological polar surface area (TPSA) is 50.4 Å². The summed E-state index contributed by atoms with van der Waals surface area (Å²) in [5, 5.41) is 6.36. The van der Waals surface area contributed by atoms with Gasteiger partial charge in [-0.2, -0.15) is 0 Å². The van der Waals surface area contributed by atoms with Crippen LogP contribution in [0, 0.1) is 5.41 Å². The molecule has 1 unspecified atom stereocenters. The number of nitrogens with one attached hydrogen (secondary N) is 2. The molecule has 1 aliphatic rings. The van der Waals surface area contributed by atoms with Gasteiger partial charge in [0.15, 0.2) is 0 Å². The van der Waals surface area contributed by atoms with Crippen molar-refractivity contribution in [2.24, 2.45) is 5.41 Å². The van der Waals surface area contributed by atoms with Crippen LogP contribution in [0.4, 0.5) is 0 Å². The Balaban J connectivity index is 1.84. The molecular weight excluding hydrogens is 252 g/mol. The second-order valence-corrected chi connectivity index (χ2v) is 5.66. The number of piperidine rings is 1. The van der Waals surface area contributed by atoms with Gasteiger partial charge >= 0.3 is 0 Å². The van der Waals surface area contributed by atoms with Gasteiger partial charge in [-0.25, -0.2) is 0 Å². The van der Waals surface area contributed by atoms with Crippen LogP contribution >= 0.6 is 0 Å². The fraction of sp³-hybridized carbons (Fsp3) is 0.562. The SMILES string of the molecule is COc1ccccc1CCNC(=O)C1(C)CCCNC1. The van der Waals surface area contributed by atoms with E-state index < -0.39 is 0 Å². The van der Waals surface area contributed by atoms with Gasteiger partial charge in [-0.05, 0) is 44.4 Å². The van der Waals surface area contributed by atoms with Crippen LogP contribution in [0.5, 0.6) is 5.75 Å². The maximum Gasteiger partial charge on any atom is 0.227 e. The van der Waals surface area contributed by atoms with E-state index in [9.17, 15) is 4.79 Å². The molecule has 0 aliphatic carbocycles. The van der Waals surface area contributed by atoms with Gasteiger partial charge in [0.25, 0.3) is 0 Å². The van der Waals surface area contributed by atoms with Gasteiger partial charge in [-0.15, -0.1) is 0 Å². The molecule has 0 spiro atoms. The Morgan fingerprint density at radius 2 is 2.25 bits per heavy atom. The molecule has 2 N–H and O–H groups in total. The van der Waals surface area contributed by atoms with Gasteiger partial charge in [-0.3, -0.25) is 4.79 Å². The van der Waals surface area contributed by atoms with Gasteiger partial charge in [0.05, 0.1) is 12.5 Å². The number of benzene rings is 1. The average Bonchev–Trinajstić information content (AvgIpc) is 2.48. The lowest BCUT2D eigenvalue weighted by Crippen LogP contribution is -2.49. The van der Waals surface area contributed by atoms with Gasteiger partial charge in [0, 0.05) is 13.1 Å². The minimum Gasteiger partial charge on any atom is -0.496 e. The van der Waals surface area contributed by atoms with Crippen molar-refractivity contribution in [2.45, 2.75) is 26.2 Å². The predicted octanol–water partition coefficient (Wildman–Crippen LogP) is 1.74. The fourth-order valence-electron chi connectivity index (χ4n) is 2.68. The van der Waals surface area contributed by atoms with E-state index in [1.807, 2.05) is 31.2 Å². The smallest absolute Gasteiger partial charge is 0.227 e. The highest BCUT2D eigenvalue weighted by Crippen LogP contribution is 2.25. The first-order valence-electron chi connectivity index (χ1n) is 7.27. The number of ether oxygens (including phenoxy) is 1. The van der Waals surface area contributed by atoms with Crippen molar-refractivity contribution in [1.82, 2.24) is 10.6 Å². The molecule has 4 nitrogen and oxygen atoms in total. The Bertz CT molecular complexity index is 454. The van der Waals surface area contributed by atoms with E-state index in [4.69, 9.17) is 4.74 Å². The van der Waals surface area contributed by atoms with Crippen molar-refractivity contribution in [3.05, 3.63) is 29.8 Å². The summed E-state index contributed by atoms with van der Waals surface area (Å²) in [6.45, 7) is 4.48. The van der Waals surface area contributed by atoms with Crippen LogP contribution in [-0.2, 0) is 11.2 Å². The largest absolute Gasteiger partial charge is 0.496 e. The Morgan fingerprint density at radius 3 is 2.95 bits per heavy atom.